The number of anilines is 2. The highest BCUT2D eigenvalue weighted by Gasteiger charge is 2.17. The second kappa shape index (κ2) is 5.52. The second-order valence-corrected chi connectivity index (χ2v) is 5.40. The van der Waals surface area contributed by atoms with E-state index in [0.717, 1.165) is 0 Å². The van der Waals surface area contributed by atoms with Crippen LogP contribution < -0.4 is 10.6 Å². The summed E-state index contributed by atoms with van der Waals surface area (Å²) in [4.78, 5) is 0. The lowest BCUT2D eigenvalue weighted by Gasteiger charge is -2.29. The van der Waals surface area contributed by atoms with Crippen molar-refractivity contribution in [2.45, 2.75) is 45.2 Å². The first-order valence-corrected chi connectivity index (χ1v) is 7.43. The van der Waals surface area contributed by atoms with Gasteiger partial charge >= 0.3 is 0 Å². The summed E-state index contributed by atoms with van der Waals surface area (Å²) in [6.45, 7) is 2.26. The Morgan fingerprint density at radius 2 is 1.58 bits per heavy atom. The van der Waals surface area contributed by atoms with Crippen LogP contribution in [0, 0.1) is 0 Å². The van der Waals surface area contributed by atoms with Crippen molar-refractivity contribution >= 4 is 22.1 Å². The summed E-state index contributed by atoms with van der Waals surface area (Å²) in [6.07, 6.45) is 6.83. The van der Waals surface area contributed by atoms with E-state index in [0.29, 0.717) is 6.17 Å². The van der Waals surface area contributed by atoms with E-state index >= 15 is 0 Å². The summed E-state index contributed by atoms with van der Waals surface area (Å²) in [5, 5.41) is 9.89. The number of nitrogens with one attached hydrogen (secondary N) is 2. The molecule has 2 aromatic carbocycles. The molecule has 0 aliphatic carbocycles. The van der Waals surface area contributed by atoms with Crippen LogP contribution in [-0.2, 0) is 0 Å². The van der Waals surface area contributed by atoms with Gasteiger partial charge in [-0.2, -0.15) is 0 Å². The van der Waals surface area contributed by atoms with Crippen LogP contribution >= 0.6 is 0 Å². The molecule has 1 aliphatic rings. The SMILES string of the molecule is CCCCCCC1Nc2cccc3cccc(c23)N1. The standard InChI is InChI=1S/C17H22N2/c1-2-3-4-5-12-16-18-14-10-6-8-13-9-7-11-15(19-16)17(13)14/h6-11,16,18-19H,2-5,12H2,1H3. The molecule has 0 atom stereocenters. The average Bonchev–Trinajstić information content (AvgIpc) is 2.44. The van der Waals surface area contributed by atoms with Crippen LogP contribution in [-0.4, -0.2) is 6.17 Å². The largest absolute Gasteiger partial charge is 0.365 e. The van der Waals surface area contributed by atoms with E-state index in [9.17, 15) is 0 Å². The molecule has 1 aliphatic heterocycles. The number of unbranched alkanes of at least 4 members (excludes halogenated alkanes) is 3. The molecule has 0 spiro atoms. The molecule has 0 saturated carbocycles. The molecule has 100 valence electrons. The Hall–Kier alpha value is -1.70. The van der Waals surface area contributed by atoms with Gasteiger partial charge in [0, 0.05) is 16.8 Å². The number of hydrogen-bond acceptors (Lipinski definition) is 2. The van der Waals surface area contributed by atoms with Gasteiger partial charge < -0.3 is 10.6 Å². The van der Waals surface area contributed by atoms with Gasteiger partial charge in [0.2, 0.25) is 0 Å². The Morgan fingerprint density at radius 3 is 2.21 bits per heavy atom. The maximum Gasteiger partial charge on any atom is 0.0963 e. The Balaban J connectivity index is 1.75. The topological polar surface area (TPSA) is 24.1 Å². The van der Waals surface area contributed by atoms with Crippen molar-refractivity contribution in [2.75, 3.05) is 10.6 Å². The predicted octanol–water partition coefficient (Wildman–Crippen LogP) is 4.97. The van der Waals surface area contributed by atoms with E-state index in [-0.39, 0.29) is 0 Å². The van der Waals surface area contributed by atoms with Crippen molar-refractivity contribution in [3.8, 4) is 0 Å². The fourth-order valence-corrected chi connectivity index (χ4v) is 2.91. The molecular formula is C17H22N2. The summed E-state index contributed by atoms with van der Waals surface area (Å²) in [5.74, 6) is 0. The molecule has 2 aromatic rings. The van der Waals surface area contributed by atoms with Crippen molar-refractivity contribution in [3.63, 3.8) is 0 Å². The van der Waals surface area contributed by atoms with Crippen LogP contribution in [0.2, 0.25) is 0 Å². The zero-order valence-electron chi connectivity index (χ0n) is 11.6. The zero-order valence-corrected chi connectivity index (χ0v) is 11.6. The molecule has 1 heterocycles. The van der Waals surface area contributed by atoms with Crippen LogP contribution in [0.15, 0.2) is 36.4 Å². The molecule has 3 rings (SSSR count). The average molecular weight is 254 g/mol. The maximum absolute atomic E-state index is 3.63. The fraction of sp³-hybridized carbons (Fsp3) is 0.412. The van der Waals surface area contributed by atoms with Gasteiger partial charge in [-0.25, -0.2) is 0 Å². The highest BCUT2D eigenvalue weighted by Crippen LogP contribution is 2.35. The van der Waals surface area contributed by atoms with Crippen molar-refractivity contribution in [3.05, 3.63) is 36.4 Å². The Bertz CT molecular complexity index is 521. The van der Waals surface area contributed by atoms with Gasteiger partial charge in [-0.05, 0) is 30.4 Å². The molecule has 0 saturated heterocycles. The molecule has 2 N–H and O–H groups in total. The zero-order chi connectivity index (χ0) is 13.1. The first-order chi connectivity index (χ1) is 9.38. The van der Waals surface area contributed by atoms with Crippen LogP contribution in [0.25, 0.3) is 10.8 Å². The molecule has 0 fully saturated rings. The Kier molecular flexibility index (Phi) is 3.58. The summed E-state index contributed by atoms with van der Waals surface area (Å²) >= 11 is 0. The minimum atomic E-state index is 0.373. The van der Waals surface area contributed by atoms with E-state index in [1.54, 1.807) is 0 Å². The van der Waals surface area contributed by atoms with E-state index in [1.807, 2.05) is 0 Å². The van der Waals surface area contributed by atoms with E-state index < -0.39 is 0 Å². The van der Waals surface area contributed by atoms with E-state index in [4.69, 9.17) is 0 Å². The molecule has 0 bridgehead atoms. The normalized spacial score (nSPS) is 14.2. The first kappa shape index (κ1) is 12.3. The van der Waals surface area contributed by atoms with Crippen molar-refractivity contribution in [1.82, 2.24) is 0 Å². The van der Waals surface area contributed by atoms with Crippen LogP contribution in [0.4, 0.5) is 11.4 Å². The first-order valence-electron chi connectivity index (χ1n) is 7.43. The van der Waals surface area contributed by atoms with Crippen LogP contribution in [0.1, 0.15) is 39.0 Å². The molecule has 0 unspecified atom stereocenters. The Morgan fingerprint density at radius 1 is 0.895 bits per heavy atom. The third-order valence-electron chi connectivity index (χ3n) is 3.91. The third kappa shape index (κ3) is 2.53. The molecule has 0 radical (unpaired) electrons. The minimum Gasteiger partial charge on any atom is -0.365 e. The lowest BCUT2D eigenvalue weighted by Crippen LogP contribution is -2.31. The van der Waals surface area contributed by atoms with Crippen molar-refractivity contribution in [1.29, 1.82) is 0 Å². The van der Waals surface area contributed by atoms with Gasteiger partial charge in [0.05, 0.1) is 6.17 Å². The van der Waals surface area contributed by atoms with E-state index in [1.165, 1.54) is 54.3 Å². The smallest absolute Gasteiger partial charge is 0.0963 e. The van der Waals surface area contributed by atoms with Gasteiger partial charge in [0.15, 0.2) is 0 Å². The highest BCUT2D eigenvalue weighted by molar-refractivity contribution is 6.04. The second-order valence-electron chi connectivity index (χ2n) is 5.40. The molecule has 2 heteroatoms. The predicted molar refractivity (Wildman–Crippen MR) is 83.7 cm³/mol. The third-order valence-corrected chi connectivity index (χ3v) is 3.91. The number of hydrogen-bond donors (Lipinski definition) is 2. The maximum atomic E-state index is 3.63. The van der Waals surface area contributed by atoms with Gasteiger partial charge in [0.1, 0.15) is 0 Å². The Labute approximate surface area is 115 Å². The highest BCUT2D eigenvalue weighted by atomic mass is 15.1. The van der Waals surface area contributed by atoms with Gasteiger partial charge in [-0.3, -0.25) is 0 Å². The monoisotopic (exact) mass is 254 g/mol. The minimum absolute atomic E-state index is 0.373. The summed E-state index contributed by atoms with van der Waals surface area (Å²) < 4.78 is 0. The molecule has 0 amide bonds. The molecule has 2 nitrogen and oxygen atoms in total. The molecule has 19 heavy (non-hydrogen) atoms. The summed E-state index contributed by atoms with van der Waals surface area (Å²) in [7, 11) is 0. The van der Waals surface area contributed by atoms with Gasteiger partial charge in [0.25, 0.3) is 0 Å². The molecular weight excluding hydrogens is 232 g/mol. The summed E-state index contributed by atoms with van der Waals surface area (Å²) in [6, 6.07) is 13.0. The summed E-state index contributed by atoms with van der Waals surface area (Å²) in [5.41, 5.74) is 2.54. The van der Waals surface area contributed by atoms with Crippen molar-refractivity contribution in [2.24, 2.45) is 0 Å². The fourth-order valence-electron chi connectivity index (χ4n) is 2.91. The van der Waals surface area contributed by atoms with Crippen molar-refractivity contribution < 1.29 is 0 Å². The van der Waals surface area contributed by atoms with Gasteiger partial charge in [-0.15, -0.1) is 0 Å². The van der Waals surface area contributed by atoms with E-state index in [2.05, 4.69) is 54.0 Å². The lowest BCUT2D eigenvalue weighted by molar-refractivity contribution is 0.599. The lowest BCUT2D eigenvalue weighted by atomic mass is 10.0. The van der Waals surface area contributed by atoms with Gasteiger partial charge in [-0.1, -0.05) is 50.5 Å². The number of rotatable bonds is 5. The molecule has 0 aromatic heterocycles. The quantitative estimate of drug-likeness (QED) is 0.736. The van der Waals surface area contributed by atoms with Crippen LogP contribution in [0.3, 0.4) is 0 Å². The number of benzene rings is 2. The van der Waals surface area contributed by atoms with Crippen LogP contribution in [0.5, 0.6) is 0 Å².